The normalized spacial score (nSPS) is 10.7. The standard InChI is InChI=1S/C11H10F2N4O2/c12-8(13)5-19-7-4-2-1-3-6(7)9-10(11(14)18)16-17-15-9/h1-4,8H,5H2,(H2,14,18)(H,15,16,17). The number of nitrogens with one attached hydrogen (secondary N) is 1. The molecule has 0 spiro atoms. The molecule has 2 rings (SSSR count). The lowest BCUT2D eigenvalue weighted by Gasteiger charge is -2.09. The topological polar surface area (TPSA) is 93.9 Å². The van der Waals surface area contributed by atoms with Gasteiger partial charge in [-0.15, -0.1) is 0 Å². The minimum atomic E-state index is -2.60. The Hall–Kier alpha value is -2.51. The Labute approximate surface area is 106 Å². The molecule has 0 unspecified atom stereocenters. The highest BCUT2D eigenvalue weighted by molar-refractivity contribution is 5.97. The number of rotatable bonds is 5. The number of primary amides is 1. The van der Waals surface area contributed by atoms with Crippen LogP contribution in [0, 0.1) is 0 Å². The maximum Gasteiger partial charge on any atom is 0.272 e. The van der Waals surface area contributed by atoms with Crippen molar-refractivity contribution in [1.29, 1.82) is 0 Å². The predicted molar refractivity (Wildman–Crippen MR) is 61.8 cm³/mol. The Morgan fingerprint density at radius 2 is 2.11 bits per heavy atom. The first-order chi connectivity index (χ1) is 9.09. The third-order valence-corrected chi connectivity index (χ3v) is 2.29. The van der Waals surface area contributed by atoms with Crippen LogP contribution < -0.4 is 10.5 Å². The van der Waals surface area contributed by atoms with E-state index < -0.39 is 18.9 Å². The molecule has 0 aliphatic rings. The summed E-state index contributed by atoms with van der Waals surface area (Å²) >= 11 is 0. The molecule has 0 saturated heterocycles. The lowest BCUT2D eigenvalue weighted by Crippen LogP contribution is -2.13. The van der Waals surface area contributed by atoms with Gasteiger partial charge in [0.25, 0.3) is 12.3 Å². The molecule has 3 N–H and O–H groups in total. The zero-order chi connectivity index (χ0) is 13.8. The summed E-state index contributed by atoms with van der Waals surface area (Å²) in [4.78, 5) is 11.2. The van der Waals surface area contributed by atoms with Gasteiger partial charge in [0.1, 0.15) is 18.1 Å². The van der Waals surface area contributed by atoms with Crippen LogP contribution in [0.2, 0.25) is 0 Å². The molecular formula is C11H10F2N4O2. The maximum atomic E-state index is 12.2. The summed E-state index contributed by atoms with van der Waals surface area (Å²) in [7, 11) is 0. The largest absolute Gasteiger partial charge is 0.487 e. The average Bonchev–Trinajstić information content (AvgIpc) is 2.85. The summed E-state index contributed by atoms with van der Waals surface area (Å²) in [5.74, 6) is -0.591. The summed E-state index contributed by atoms with van der Waals surface area (Å²) in [6.07, 6.45) is -2.60. The van der Waals surface area contributed by atoms with Crippen LogP contribution in [0.5, 0.6) is 5.75 Å². The molecule has 0 fully saturated rings. The molecule has 1 aromatic carbocycles. The molecule has 100 valence electrons. The second-order valence-corrected chi connectivity index (χ2v) is 3.58. The third kappa shape index (κ3) is 2.84. The van der Waals surface area contributed by atoms with Gasteiger partial charge in [-0.25, -0.2) is 8.78 Å². The van der Waals surface area contributed by atoms with Crippen molar-refractivity contribution in [1.82, 2.24) is 15.4 Å². The fraction of sp³-hybridized carbons (Fsp3) is 0.182. The first-order valence-electron chi connectivity index (χ1n) is 5.30. The number of hydrogen-bond donors (Lipinski definition) is 2. The van der Waals surface area contributed by atoms with E-state index in [2.05, 4.69) is 15.4 Å². The third-order valence-electron chi connectivity index (χ3n) is 2.29. The molecule has 1 heterocycles. The number of benzene rings is 1. The van der Waals surface area contributed by atoms with Gasteiger partial charge < -0.3 is 10.5 Å². The Bertz CT molecular complexity index is 586. The van der Waals surface area contributed by atoms with Gasteiger partial charge in [-0.3, -0.25) is 4.79 Å². The van der Waals surface area contributed by atoms with Gasteiger partial charge in [0.15, 0.2) is 5.69 Å². The van der Waals surface area contributed by atoms with E-state index in [4.69, 9.17) is 10.5 Å². The van der Waals surface area contributed by atoms with E-state index >= 15 is 0 Å². The number of alkyl halides is 2. The smallest absolute Gasteiger partial charge is 0.272 e. The summed E-state index contributed by atoms with van der Waals surface area (Å²) in [6, 6.07) is 6.35. The number of carbonyl (C=O) groups excluding carboxylic acids is 1. The maximum absolute atomic E-state index is 12.2. The van der Waals surface area contributed by atoms with Gasteiger partial charge in [-0.2, -0.15) is 15.4 Å². The Balaban J connectivity index is 2.38. The molecule has 0 saturated carbocycles. The second kappa shape index (κ2) is 5.42. The summed E-state index contributed by atoms with van der Waals surface area (Å²) in [6.45, 7) is -0.749. The monoisotopic (exact) mass is 268 g/mol. The summed E-state index contributed by atoms with van der Waals surface area (Å²) in [5, 5.41) is 9.67. The predicted octanol–water partition coefficient (Wildman–Crippen LogP) is 1.21. The van der Waals surface area contributed by atoms with E-state index in [1.807, 2.05) is 0 Å². The second-order valence-electron chi connectivity index (χ2n) is 3.58. The van der Waals surface area contributed by atoms with Gasteiger partial charge in [-0.05, 0) is 12.1 Å². The molecule has 0 aliphatic heterocycles. The van der Waals surface area contributed by atoms with E-state index in [1.54, 1.807) is 18.2 Å². The van der Waals surface area contributed by atoms with Crippen molar-refractivity contribution in [3.05, 3.63) is 30.0 Å². The fourth-order valence-electron chi connectivity index (χ4n) is 1.53. The van der Waals surface area contributed by atoms with Gasteiger partial charge in [0.05, 0.1) is 0 Å². The minimum absolute atomic E-state index is 0.0758. The molecular weight excluding hydrogens is 258 g/mol. The lowest BCUT2D eigenvalue weighted by molar-refractivity contribution is 0.0821. The van der Waals surface area contributed by atoms with Gasteiger partial charge in [-0.1, -0.05) is 12.1 Å². The average molecular weight is 268 g/mol. The highest BCUT2D eigenvalue weighted by Crippen LogP contribution is 2.29. The van der Waals surface area contributed by atoms with Crippen LogP contribution in [0.4, 0.5) is 8.78 Å². The molecule has 19 heavy (non-hydrogen) atoms. The van der Waals surface area contributed by atoms with Gasteiger partial charge >= 0.3 is 0 Å². The molecule has 0 bridgehead atoms. The number of para-hydroxylation sites is 1. The van der Waals surface area contributed by atoms with E-state index in [1.165, 1.54) is 6.07 Å². The first kappa shape index (κ1) is 12.9. The quantitative estimate of drug-likeness (QED) is 0.852. The molecule has 8 heteroatoms. The van der Waals surface area contributed by atoms with Crippen molar-refractivity contribution in [3.63, 3.8) is 0 Å². The van der Waals surface area contributed by atoms with Crippen LogP contribution in [0.3, 0.4) is 0 Å². The number of H-pyrrole nitrogens is 1. The number of carbonyl (C=O) groups is 1. The van der Waals surface area contributed by atoms with Crippen LogP contribution in [-0.4, -0.2) is 34.4 Å². The Morgan fingerprint density at radius 1 is 1.37 bits per heavy atom. The number of halogens is 2. The number of hydrogen-bond acceptors (Lipinski definition) is 4. The molecule has 0 radical (unpaired) electrons. The number of aromatic nitrogens is 3. The van der Waals surface area contributed by atoms with E-state index in [0.717, 1.165) is 0 Å². The fourth-order valence-corrected chi connectivity index (χ4v) is 1.53. The van der Waals surface area contributed by atoms with Crippen molar-refractivity contribution >= 4 is 5.91 Å². The summed E-state index contributed by atoms with van der Waals surface area (Å²) < 4.78 is 29.3. The minimum Gasteiger partial charge on any atom is -0.487 e. The SMILES string of the molecule is NC(=O)c1n[nH]nc1-c1ccccc1OCC(F)F. The lowest BCUT2D eigenvalue weighted by atomic mass is 10.1. The van der Waals surface area contributed by atoms with Crippen LogP contribution >= 0.6 is 0 Å². The summed E-state index contributed by atoms with van der Waals surface area (Å²) in [5.41, 5.74) is 5.60. The molecule has 0 aliphatic carbocycles. The Kier molecular flexibility index (Phi) is 3.69. The number of amides is 1. The number of nitrogens with zero attached hydrogens (tertiary/aromatic N) is 2. The van der Waals surface area contributed by atoms with Crippen molar-refractivity contribution in [2.75, 3.05) is 6.61 Å². The van der Waals surface area contributed by atoms with E-state index in [9.17, 15) is 13.6 Å². The molecule has 1 aromatic heterocycles. The van der Waals surface area contributed by atoms with E-state index in [-0.39, 0.29) is 17.1 Å². The van der Waals surface area contributed by atoms with Gasteiger partial charge in [0.2, 0.25) is 0 Å². The van der Waals surface area contributed by atoms with Gasteiger partial charge in [0, 0.05) is 5.56 Å². The zero-order valence-corrected chi connectivity index (χ0v) is 9.64. The van der Waals surface area contributed by atoms with Crippen LogP contribution in [0.25, 0.3) is 11.3 Å². The number of aromatic amines is 1. The van der Waals surface area contributed by atoms with Crippen molar-refractivity contribution in [3.8, 4) is 17.0 Å². The highest BCUT2D eigenvalue weighted by atomic mass is 19.3. The first-order valence-corrected chi connectivity index (χ1v) is 5.30. The molecule has 0 atom stereocenters. The van der Waals surface area contributed by atoms with Crippen LogP contribution in [-0.2, 0) is 0 Å². The molecule has 6 nitrogen and oxygen atoms in total. The molecule has 1 amide bonds. The van der Waals surface area contributed by atoms with Crippen LogP contribution in [0.15, 0.2) is 24.3 Å². The van der Waals surface area contributed by atoms with E-state index in [0.29, 0.717) is 5.56 Å². The van der Waals surface area contributed by atoms with Crippen LogP contribution in [0.1, 0.15) is 10.5 Å². The van der Waals surface area contributed by atoms with Crippen molar-refractivity contribution < 1.29 is 18.3 Å². The highest BCUT2D eigenvalue weighted by Gasteiger charge is 2.18. The number of ether oxygens (including phenoxy) is 1. The van der Waals surface area contributed by atoms with Crippen molar-refractivity contribution in [2.24, 2.45) is 5.73 Å². The Morgan fingerprint density at radius 3 is 2.79 bits per heavy atom. The van der Waals surface area contributed by atoms with Crippen molar-refractivity contribution in [2.45, 2.75) is 6.43 Å². The molecule has 2 aromatic rings. The number of nitrogens with two attached hydrogens (primary N) is 1. The zero-order valence-electron chi connectivity index (χ0n) is 9.64.